The van der Waals surface area contributed by atoms with Gasteiger partial charge in [0.05, 0.1) is 12.0 Å². The van der Waals surface area contributed by atoms with Crippen molar-refractivity contribution in [3.05, 3.63) is 0 Å². The van der Waals surface area contributed by atoms with Gasteiger partial charge in [-0.3, -0.25) is 0 Å². The van der Waals surface area contributed by atoms with E-state index in [9.17, 15) is 15.3 Å². The molecule has 6 nitrogen and oxygen atoms in total. The molecule has 18 heavy (non-hydrogen) atoms. The third kappa shape index (κ3) is 1.14. The Kier molecular flexibility index (Phi) is 2.19. The van der Waals surface area contributed by atoms with Gasteiger partial charge in [0.2, 0.25) is 5.79 Å². The minimum absolute atomic E-state index is 0.265. The Morgan fingerprint density at radius 1 is 1.06 bits per heavy atom. The lowest BCUT2D eigenvalue weighted by molar-refractivity contribution is -0.211. The highest BCUT2D eigenvalue weighted by Gasteiger charge is 2.92. The van der Waals surface area contributed by atoms with Crippen LogP contribution < -0.4 is 0 Å². The summed E-state index contributed by atoms with van der Waals surface area (Å²) in [5, 5.41) is 30.8. The van der Waals surface area contributed by atoms with Crippen LogP contribution in [-0.2, 0) is 14.2 Å². The van der Waals surface area contributed by atoms with Gasteiger partial charge in [-0.05, 0) is 13.8 Å². The predicted molar refractivity (Wildman–Crippen MR) is 59.5 cm³/mol. The van der Waals surface area contributed by atoms with E-state index in [1.165, 1.54) is 0 Å². The second kappa shape index (κ2) is 3.08. The van der Waals surface area contributed by atoms with E-state index in [0.717, 1.165) is 0 Å². The number of rotatable bonds is 1. The topological polar surface area (TPSA) is 88.4 Å². The first-order chi connectivity index (χ1) is 8.07. The highest BCUT2D eigenvalue weighted by Crippen LogP contribution is 2.71. The van der Waals surface area contributed by atoms with Crippen molar-refractivity contribution in [1.29, 1.82) is 0 Å². The number of fused-ring (bicyclic) bond motifs is 1. The molecule has 0 aromatic carbocycles. The molecule has 0 aromatic heterocycles. The van der Waals surface area contributed by atoms with Crippen molar-refractivity contribution in [2.24, 2.45) is 5.41 Å². The Hall–Kier alpha value is -0.240. The molecule has 5 atom stereocenters. The molecule has 0 radical (unpaired) electrons. The first-order valence-electron chi connectivity index (χ1n) is 6.19. The second-order valence-corrected chi connectivity index (χ2v) is 6.43. The van der Waals surface area contributed by atoms with E-state index in [1.54, 1.807) is 27.7 Å². The molecule has 6 heteroatoms. The highest BCUT2D eigenvalue weighted by molar-refractivity contribution is 5.35. The molecule has 1 aliphatic carbocycles. The fourth-order valence-corrected chi connectivity index (χ4v) is 3.29. The summed E-state index contributed by atoms with van der Waals surface area (Å²) >= 11 is 0. The summed E-state index contributed by atoms with van der Waals surface area (Å²) in [4.78, 5) is 0. The molecule has 0 amide bonds. The molecule has 2 saturated heterocycles. The summed E-state index contributed by atoms with van der Waals surface area (Å²) in [5.41, 5.74) is -2.52. The van der Waals surface area contributed by atoms with Crippen LogP contribution in [0, 0.1) is 5.41 Å². The monoisotopic (exact) mass is 260 g/mol. The smallest absolute Gasteiger partial charge is 0.207 e. The largest absolute Gasteiger partial charge is 0.387 e. The van der Waals surface area contributed by atoms with Crippen molar-refractivity contribution in [2.75, 3.05) is 6.61 Å². The molecular formula is C12H20O6. The SMILES string of the molecule is CC1(C)OC[C@H]([C@H]2O[C@]3(O)C(C)(C)[C@@]3(O)[C@H]2O)O1. The van der Waals surface area contributed by atoms with Crippen LogP contribution in [-0.4, -0.2) is 57.4 Å². The van der Waals surface area contributed by atoms with Crippen LogP contribution in [0.3, 0.4) is 0 Å². The molecule has 3 rings (SSSR count). The van der Waals surface area contributed by atoms with Crippen molar-refractivity contribution in [1.82, 2.24) is 0 Å². The molecular weight excluding hydrogens is 240 g/mol. The maximum atomic E-state index is 10.4. The fraction of sp³-hybridized carbons (Fsp3) is 1.00. The number of aliphatic hydroxyl groups is 3. The van der Waals surface area contributed by atoms with Crippen molar-refractivity contribution < 1.29 is 29.5 Å². The Labute approximate surface area is 105 Å². The van der Waals surface area contributed by atoms with E-state index in [0.29, 0.717) is 0 Å². The Morgan fingerprint density at radius 2 is 1.67 bits per heavy atom. The quantitative estimate of drug-likeness (QED) is 0.581. The lowest BCUT2D eigenvalue weighted by Gasteiger charge is -2.28. The van der Waals surface area contributed by atoms with Gasteiger partial charge in [-0.1, -0.05) is 13.8 Å². The zero-order valence-corrected chi connectivity index (χ0v) is 11.0. The van der Waals surface area contributed by atoms with Gasteiger partial charge in [-0.2, -0.15) is 0 Å². The molecule has 104 valence electrons. The van der Waals surface area contributed by atoms with Gasteiger partial charge in [0, 0.05) is 0 Å². The Balaban J connectivity index is 1.81. The zero-order valence-electron chi connectivity index (χ0n) is 11.0. The third-order valence-electron chi connectivity index (χ3n) is 4.70. The Bertz CT molecular complexity index is 394. The van der Waals surface area contributed by atoms with Gasteiger partial charge < -0.3 is 29.5 Å². The summed E-state index contributed by atoms with van der Waals surface area (Å²) in [5.74, 6) is -2.44. The highest BCUT2D eigenvalue weighted by atomic mass is 16.8. The van der Waals surface area contributed by atoms with Crippen molar-refractivity contribution >= 4 is 0 Å². The second-order valence-electron chi connectivity index (χ2n) is 6.43. The summed E-state index contributed by atoms with van der Waals surface area (Å²) in [6.45, 7) is 7.11. The van der Waals surface area contributed by atoms with Crippen LogP contribution in [0.5, 0.6) is 0 Å². The average molecular weight is 260 g/mol. The van der Waals surface area contributed by atoms with Crippen LogP contribution in [0.2, 0.25) is 0 Å². The van der Waals surface area contributed by atoms with E-state index in [-0.39, 0.29) is 6.61 Å². The van der Waals surface area contributed by atoms with Gasteiger partial charge in [0.1, 0.15) is 18.3 Å². The van der Waals surface area contributed by atoms with Crippen LogP contribution in [0.25, 0.3) is 0 Å². The molecule has 0 unspecified atom stereocenters. The van der Waals surface area contributed by atoms with E-state index >= 15 is 0 Å². The summed E-state index contributed by atoms with van der Waals surface area (Å²) in [7, 11) is 0. The van der Waals surface area contributed by atoms with Crippen molar-refractivity contribution in [2.45, 2.75) is 63.2 Å². The lowest BCUT2D eigenvalue weighted by Crippen LogP contribution is -2.46. The number of aliphatic hydroxyl groups excluding tert-OH is 1. The number of hydrogen-bond acceptors (Lipinski definition) is 6. The van der Waals surface area contributed by atoms with E-state index in [2.05, 4.69) is 0 Å². The maximum absolute atomic E-state index is 10.4. The fourth-order valence-electron chi connectivity index (χ4n) is 3.29. The molecule has 1 saturated carbocycles. The van der Waals surface area contributed by atoms with E-state index in [1.807, 2.05) is 0 Å². The van der Waals surface area contributed by atoms with Crippen LogP contribution in [0.4, 0.5) is 0 Å². The van der Waals surface area contributed by atoms with E-state index in [4.69, 9.17) is 14.2 Å². The molecule has 2 aliphatic heterocycles. The molecule has 3 N–H and O–H groups in total. The van der Waals surface area contributed by atoms with Gasteiger partial charge in [-0.15, -0.1) is 0 Å². The molecule has 0 spiro atoms. The first-order valence-corrected chi connectivity index (χ1v) is 6.19. The third-order valence-corrected chi connectivity index (χ3v) is 4.70. The van der Waals surface area contributed by atoms with Crippen LogP contribution in [0.1, 0.15) is 27.7 Å². The maximum Gasteiger partial charge on any atom is 0.207 e. The van der Waals surface area contributed by atoms with Gasteiger partial charge in [-0.25, -0.2) is 0 Å². The van der Waals surface area contributed by atoms with E-state index < -0.39 is 40.9 Å². The molecule has 3 fully saturated rings. The molecule has 2 heterocycles. The lowest BCUT2D eigenvalue weighted by atomic mass is 9.95. The number of hydrogen-bond donors (Lipinski definition) is 3. The van der Waals surface area contributed by atoms with Gasteiger partial charge >= 0.3 is 0 Å². The predicted octanol–water partition coefficient (Wildman–Crippen LogP) is -0.643. The van der Waals surface area contributed by atoms with Crippen molar-refractivity contribution in [3.63, 3.8) is 0 Å². The molecule has 0 aromatic rings. The minimum atomic E-state index is -1.71. The standard InChI is InChI=1S/C12H20O6/c1-9(2)11(14)8(13)7(18-12(9,11)15)6-5-16-10(3,4)17-6/h6-8,13-15H,5H2,1-4H3/t6-,7-,8+,11+,12-/m1/s1. The first kappa shape index (κ1) is 12.8. The average Bonchev–Trinajstić information content (AvgIpc) is 2.61. The zero-order chi connectivity index (χ0) is 13.6. The van der Waals surface area contributed by atoms with Gasteiger partial charge in [0.25, 0.3) is 0 Å². The summed E-state index contributed by atoms with van der Waals surface area (Å²) in [6, 6.07) is 0. The summed E-state index contributed by atoms with van der Waals surface area (Å²) < 4.78 is 16.5. The minimum Gasteiger partial charge on any atom is -0.387 e. The molecule has 0 bridgehead atoms. The Morgan fingerprint density at radius 3 is 2.06 bits per heavy atom. The number of ether oxygens (including phenoxy) is 3. The van der Waals surface area contributed by atoms with Crippen molar-refractivity contribution in [3.8, 4) is 0 Å². The van der Waals surface area contributed by atoms with Gasteiger partial charge in [0.15, 0.2) is 11.4 Å². The summed E-state index contributed by atoms with van der Waals surface area (Å²) in [6.07, 6.45) is -2.47. The van der Waals surface area contributed by atoms with Crippen LogP contribution in [0.15, 0.2) is 0 Å². The normalized spacial score (nSPS) is 56.5. The van der Waals surface area contributed by atoms with Crippen LogP contribution >= 0.6 is 0 Å². The molecule has 3 aliphatic rings.